The van der Waals surface area contributed by atoms with E-state index in [2.05, 4.69) is 97.2 Å². The molecule has 0 amide bonds. The molecule has 2 aromatic rings. The summed E-state index contributed by atoms with van der Waals surface area (Å²) >= 11 is 4.16. The van der Waals surface area contributed by atoms with Crippen molar-refractivity contribution in [2.45, 2.75) is 26.3 Å². The highest BCUT2D eigenvalue weighted by Crippen LogP contribution is 2.45. The number of thioether (sulfide) groups is 1. The first-order valence-corrected chi connectivity index (χ1v) is 9.43. The smallest absolute Gasteiger partial charge is 0.166 e. The number of halogens is 1. The molecule has 0 radical (unpaired) electrons. The van der Waals surface area contributed by atoms with Gasteiger partial charge in [-0.05, 0) is 55.0 Å². The van der Waals surface area contributed by atoms with Crippen molar-refractivity contribution in [3.63, 3.8) is 0 Å². The molecular formula is C19H19IN2S. The lowest BCUT2D eigenvalue weighted by Gasteiger charge is -2.25. The molecule has 0 aliphatic carbocycles. The molecule has 0 saturated carbocycles. The maximum Gasteiger partial charge on any atom is 0.166 e. The molecule has 1 aliphatic rings. The predicted octanol–water partition coefficient (Wildman–Crippen LogP) is 6.26. The lowest BCUT2D eigenvalue weighted by molar-refractivity contribution is 0.585. The van der Waals surface area contributed by atoms with E-state index in [-0.39, 0.29) is 5.54 Å². The first-order chi connectivity index (χ1) is 10.9. The molecule has 0 atom stereocenters. The van der Waals surface area contributed by atoms with E-state index in [9.17, 15) is 0 Å². The fraction of sp³-hybridized carbons (Fsp3) is 0.211. The van der Waals surface area contributed by atoms with Gasteiger partial charge in [0.15, 0.2) is 5.17 Å². The van der Waals surface area contributed by atoms with E-state index < -0.39 is 0 Å². The van der Waals surface area contributed by atoms with Crippen LogP contribution in [0.25, 0.3) is 8.48 Å². The summed E-state index contributed by atoms with van der Waals surface area (Å²) in [4.78, 5) is 6.08. The molecule has 23 heavy (non-hydrogen) atoms. The van der Waals surface area contributed by atoms with E-state index in [1.165, 1.54) is 19.6 Å². The molecule has 2 nitrogen and oxygen atoms in total. The number of fused-ring (bicyclic) bond motifs is 1. The van der Waals surface area contributed by atoms with Gasteiger partial charge in [-0.2, -0.15) is 0 Å². The van der Waals surface area contributed by atoms with Crippen molar-refractivity contribution in [3.05, 3.63) is 65.7 Å². The first kappa shape index (κ1) is 16.6. The number of amidine groups is 1. The SMILES string of the molecule is CC(C)(C)N=C1Nc2ccccc2/C(=C(/I)c2ccccc2)S1. The molecule has 118 valence electrons. The average Bonchev–Trinajstić information content (AvgIpc) is 2.52. The molecule has 0 spiro atoms. The zero-order valence-corrected chi connectivity index (χ0v) is 16.4. The number of para-hydroxylation sites is 1. The monoisotopic (exact) mass is 434 g/mol. The molecular weight excluding hydrogens is 415 g/mol. The summed E-state index contributed by atoms with van der Waals surface area (Å²) in [5.74, 6) is 0. The van der Waals surface area contributed by atoms with Gasteiger partial charge in [0.2, 0.25) is 0 Å². The second-order valence-corrected chi connectivity index (χ2v) is 8.45. The Bertz CT molecular complexity index is 773. The zero-order chi connectivity index (χ0) is 16.4. The van der Waals surface area contributed by atoms with Crippen LogP contribution in [0.5, 0.6) is 0 Å². The van der Waals surface area contributed by atoms with Crippen molar-refractivity contribution < 1.29 is 0 Å². The molecule has 0 saturated heterocycles. The third-order valence-electron chi connectivity index (χ3n) is 3.28. The third kappa shape index (κ3) is 3.98. The standard InChI is InChI=1S/C19H19IN2S/c1-19(2,3)22-18-21-15-12-8-7-11-14(15)17(23-18)16(20)13-9-5-4-6-10-13/h4-12H,1-3H3,(H,21,22)/b17-16-. The van der Waals surface area contributed by atoms with Gasteiger partial charge >= 0.3 is 0 Å². The van der Waals surface area contributed by atoms with Gasteiger partial charge in [-0.3, -0.25) is 4.99 Å². The lowest BCUT2D eigenvalue weighted by Crippen LogP contribution is -2.20. The number of anilines is 1. The van der Waals surface area contributed by atoms with E-state index in [1.54, 1.807) is 11.8 Å². The minimum atomic E-state index is -0.106. The van der Waals surface area contributed by atoms with Crippen LogP contribution in [0.2, 0.25) is 0 Å². The Morgan fingerprint density at radius 1 is 1.00 bits per heavy atom. The number of nitrogens with zero attached hydrogens (tertiary/aromatic N) is 1. The summed E-state index contributed by atoms with van der Waals surface area (Å²) < 4.78 is 1.25. The summed E-state index contributed by atoms with van der Waals surface area (Å²) in [5.41, 5.74) is 3.49. The fourth-order valence-corrected chi connectivity index (χ4v) is 4.47. The largest absolute Gasteiger partial charge is 0.334 e. The number of rotatable bonds is 1. The van der Waals surface area contributed by atoms with E-state index in [1.807, 2.05) is 6.07 Å². The van der Waals surface area contributed by atoms with Gasteiger partial charge in [0.1, 0.15) is 0 Å². The van der Waals surface area contributed by atoms with E-state index in [0.717, 1.165) is 10.9 Å². The Hall–Kier alpha value is -1.27. The van der Waals surface area contributed by atoms with Crippen LogP contribution in [0.4, 0.5) is 5.69 Å². The third-order valence-corrected chi connectivity index (χ3v) is 5.82. The van der Waals surface area contributed by atoms with E-state index in [4.69, 9.17) is 4.99 Å². The maximum atomic E-state index is 4.82. The molecule has 1 N–H and O–H groups in total. The van der Waals surface area contributed by atoms with Crippen molar-refractivity contribution in [2.24, 2.45) is 4.99 Å². The Kier molecular flexibility index (Phi) is 4.82. The second kappa shape index (κ2) is 6.69. The molecule has 1 aliphatic heterocycles. The van der Waals surface area contributed by atoms with Gasteiger partial charge in [0.05, 0.1) is 5.54 Å². The summed E-state index contributed by atoms with van der Waals surface area (Å²) in [6.45, 7) is 6.36. The minimum absolute atomic E-state index is 0.106. The normalized spacial score (nSPS) is 18.3. The minimum Gasteiger partial charge on any atom is -0.334 e. The molecule has 0 unspecified atom stereocenters. The molecule has 1 heterocycles. The summed E-state index contributed by atoms with van der Waals surface area (Å²) in [6, 6.07) is 18.9. The fourth-order valence-electron chi connectivity index (χ4n) is 2.32. The Labute approximate surface area is 155 Å². The van der Waals surface area contributed by atoms with Gasteiger partial charge < -0.3 is 5.32 Å². The van der Waals surface area contributed by atoms with Crippen LogP contribution in [0.1, 0.15) is 31.9 Å². The van der Waals surface area contributed by atoms with Crippen LogP contribution >= 0.6 is 34.4 Å². The molecule has 2 aromatic carbocycles. The highest BCUT2D eigenvalue weighted by molar-refractivity contribution is 14.1. The molecule has 0 bridgehead atoms. The quantitative estimate of drug-likeness (QED) is 0.536. The lowest BCUT2D eigenvalue weighted by atomic mass is 10.1. The second-order valence-electron chi connectivity index (χ2n) is 6.37. The maximum absolute atomic E-state index is 4.82. The summed E-state index contributed by atoms with van der Waals surface area (Å²) in [5, 5.41) is 4.42. The van der Waals surface area contributed by atoms with Crippen molar-refractivity contribution in [1.29, 1.82) is 0 Å². The van der Waals surface area contributed by atoms with E-state index in [0.29, 0.717) is 0 Å². The van der Waals surface area contributed by atoms with Gasteiger partial charge in [0, 0.05) is 19.7 Å². The molecule has 4 heteroatoms. The van der Waals surface area contributed by atoms with Crippen molar-refractivity contribution in [1.82, 2.24) is 0 Å². The predicted molar refractivity (Wildman–Crippen MR) is 112 cm³/mol. The number of aliphatic imine (C=N–C) groups is 1. The van der Waals surface area contributed by atoms with E-state index >= 15 is 0 Å². The van der Waals surface area contributed by atoms with Crippen molar-refractivity contribution >= 4 is 53.7 Å². The average molecular weight is 434 g/mol. The summed E-state index contributed by atoms with van der Waals surface area (Å²) in [6.07, 6.45) is 0. The zero-order valence-electron chi connectivity index (χ0n) is 13.4. The van der Waals surface area contributed by atoms with Gasteiger partial charge in [-0.1, -0.05) is 60.3 Å². The Balaban J connectivity index is 2.14. The van der Waals surface area contributed by atoms with Crippen LogP contribution in [0.15, 0.2) is 59.6 Å². The van der Waals surface area contributed by atoms with Crippen LogP contribution in [0, 0.1) is 0 Å². The Morgan fingerprint density at radius 3 is 2.35 bits per heavy atom. The van der Waals surface area contributed by atoms with Crippen molar-refractivity contribution in [2.75, 3.05) is 5.32 Å². The van der Waals surface area contributed by atoms with Gasteiger partial charge in [-0.15, -0.1) is 0 Å². The number of nitrogens with one attached hydrogen (secondary N) is 1. The number of hydrogen-bond acceptors (Lipinski definition) is 2. The first-order valence-electron chi connectivity index (χ1n) is 7.53. The van der Waals surface area contributed by atoms with Gasteiger partial charge in [-0.25, -0.2) is 0 Å². The molecule has 0 fully saturated rings. The van der Waals surface area contributed by atoms with Crippen LogP contribution < -0.4 is 5.32 Å². The topological polar surface area (TPSA) is 24.4 Å². The molecule has 0 aromatic heterocycles. The highest BCUT2D eigenvalue weighted by Gasteiger charge is 2.23. The number of benzene rings is 2. The van der Waals surface area contributed by atoms with Gasteiger partial charge in [0.25, 0.3) is 0 Å². The number of hydrogen-bond donors (Lipinski definition) is 1. The molecule has 3 rings (SSSR count). The Morgan fingerprint density at radius 2 is 1.65 bits per heavy atom. The van der Waals surface area contributed by atoms with Crippen LogP contribution in [-0.2, 0) is 0 Å². The van der Waals surface area contributed by atoms with Crippen LogP contribution in [-0.4, -0.2) is 10.7 Å². The van der Waals surface area contributed by atoms with Crippen LogP contribution in [0.3, 0.4) is 0 Å². The highest BCUT2D eigenvalue weighted by atomic mass is 127. The summed E-state index contributed by atoms with van der Waals surface area (Å²) in [7, 11) is 0. The van der Waals surface area contributed by atoms with Crippen molar-refractivity contribution in [3.8, 4) is 0 Å².